The molecule has 0 amide bonds. The quantitative estimate of drug-likeness (QED) is 0.695. The first-order valence-electron chi connectivity index (χ1n) is 3.20. The Morgan fingerprint density at radius 1 is 1.67 bits per heavy atom. The first-order chi connectivity index (χ1) is 5.66. The lowest BCUT2D eigenvalue weighted by Gasteiger charge is -1.99. The molecule has 0 saturated heterocycles. The van der Waals surface area contributed by atoms with Crippen LogP contribution in [0.2, 0.25) is 0 Å². The van der Waals surface area contributed by atoms with Crippen molar-refractivity contribution >= 4 is 5.97 Å². The van der Waals surface area contributed by atoms with Gasteiger partial charge in [0.25, 0.3) is 6.43 Å². The van der Waals surface area contributed by atoms with Crippen LogP contribution in [0.3, 0.4) is 0 Å². The normalized spacial score (nSPS) is 10.3. The minimum atomic E-state index is -2.66. The van der Waals surface area contributed by atoms with Crippen molar-refractivity contribution in [3.8, 4) is 0 Å². The predicted octanol–water partition coefficient (Wildman–Crippen LogP) is 1.74. The Morgan fingerprint density at radius 3 is 2.83 bits per heavy atom. The van der Waals surface area contributed by atoms with Gasteiger partial charge in [-0.05, 0) is 6.07 Å². The molecule has 66 valence electrons. The molecule has 0 aliphatic heterocycles. The van der Waals surface area contributed by atoms with Crippen LogP contribution in [0.5, 0.6) is 0 Å². The Morgan fingerprint density at radius 2 is 2.33 bits per heavy atom. The fourth-order valence-electron chi connectivity index (χ4n) is 0.842. The lowest BCUT2D eigenvalue weighted by Crippen LogP contribution is -2.05. The molecule has 12 heavy (non-hydrogen) atoms. The summed E-state index contributed by atoms with van der Waals surface area (Å²) in [6.07, 6.45) is -1.39. The number of hydrogen-bond acceptors (Lipinski definition) is 2. The lowest BCUT2D eigenvalue weighted by molar-refractivity contribution is 0.0583. The maximum Gasteiger partial charge on any atom is 0.354 e. The van der Waals surface area contributed by atoms with E-state index < -0.39 is 12.4 Å². The molecule has 1 rings (SSSR count). The van der Waals surface area contributed by atoms with Crippen LogP contribution in [0.15, 0.2) is 12.3 Å². The molecule has 1 aromatic rings. The highest BCUT2D eigenvalue weighted by Gasteiger charge is 2.19. The highest BCUT2D eigenvalue weighted by atomic mass is 19.3. The van der Waals surface area contributed by atoms with E-state index in [9.17, 15) is 13.6 Å². The van der Waals surface area contributed by atoms with E-state index in [4.69, 9.17) is 0 Å². The van der Waals surface area contributed by atoms with Crippen LogP contribution in [-0.2, 0) is 4.74 Å². The first kappa shape index (κ1) is 8.70. The van der Waals surface area contributed by atoms with E-state index >= 15 is 0 Å². The fourth-order valence-corrected chi connectivity index (χ4v) is 0.842. The maximum atomic E-state index is 12.1. The number of methoxy groups -OCH3 is 1. The molecule has 1 aromatic heterocycles. The van der Waals surface area contributed by atoms with Gasteiger partial charge in [-0.3, -0.25) is 0 Å². The number of carbonyl (C=O) groups excluding carboxylic acids is 1. The van der Waals surface area contributed by atoms with Crippen molar-refractivity contribution < 1.29 is 18.3 Å². The zero-order chi connectivity index (χ0) is 9.14. The summed E-state index contributed by atoms with van der Waals surface area (Å²) >= 11 is 0. The molecule has 0 saturated carbocycles. The van der Waals surface area contributed by atoms with Gasteiger partial charge in [0.05, 0.1) is 12.7 Å². The minimum Gasteiger partial charge on any atom is -0.464 e. The molecule has 0 bridgehead atoms. The van der Waals surface area contributed by atoms with E-state index in [1.807, 2.05) is 0 Å². The second-order valence-electron chi connectivity index (χ2n) is 2.10. The van der Waals surface area contributed by atoms with Crippen molar-refractivity contribution in [2.75, 3.05) is 7.11 Å². The summed E-state index contributed by atoms with van der Waals surface area (Å²) in [5.41, 5.74) is -0.519. The second kappa shape index (κ2) is 3.34. The first-order valence-corrected chi connectivity index (χ1v) is 3.20. The smallest absolute Gasteiger partial charge is 0.354 e. The summed E-state index contributed by atoms with van der Waals surface area (Å²) in [6, 6.07) is 1.15. The molecular formula is C7H7F2NO2. The van der Waals surface area contributed by atoms with Crippen LogP contribution < -0.4 is 0 Å². The van der Waals surface area contributed by atoms with Gasteiger partial charge in [0, 0.05) is 6.20 Å². The van der Waals surface area contributed by atoms with Gasteiger partial charge in [-0.15, -0.1) is 0 Å². The van der Waals surface area contributed by atoms with Crippen molar-refractivity contribution in [1.29, 1.82) is 0 Å². The van der Waals surface area contributed by atoms with E-state index in [0.29, 0.717) is 0 Å². The number of H-pyrrole nitrogens is 1. The minimum absolute atomic E-state index is 0.187. The highest BCUT2D eigenvalue weighted by molar-refractivity contribution is 5.89. The number of aromatic amines is 1. The Balaban J connectivity index is 2.99. The zero-order valence-corrected chi connectivity index (χ0v) is 6.30. The van der Waals surface area contributed by atoms with Crippen LogP contribution in [0.1, 0.15) is 22.5 Å². The number of hydrogen-bond donors (Lipinski definition) is 1. The number of aromatic nitrogens is 1. The summed E-state index contributed by atoms with van der Waals surface area (Å²) in [5, 5.41) is 0. The van der Waals surface area contributed by atoms with Gasteiger partial charge in [-0.1, -0.05) is 0 Å². The van der Waals surface area contributed by atoms with Gasteiger partial charge in [-0.25, -0.2) is 13.6 Å². The number of rotatable bonds is 2. The third kappa shape index (κ3) is 1.44. The molecule has 0 spiro atoms. The number of esters is 1. The van der Waals surface area contributed by atoms with Crippen molar-refractivity contribution in [2.24, 2.45) is 0 Å². The van der Waals surface area contributed by atoms with Gasteiger partial charge in [0.2, 0.25) is 0 Å². The van der Waals surface area contributed by atoms with E-state index in [1.54, 1.807) is 0 Å². The summed E-state index contributed by atoms with van der Waals surface area (Å²) in [6.45, 7) is 0. The Bertz CT molecular complexity index is 283. The third-order valence-electron chi connectivity index (χ3n) is 1.40. The highest BCUT2D eigenvalue weighted by Crippen LogP contribution is 2.22. The third-order valence-corrected chi connectivity index (χ3v) is 1.40. The SMILES string of the molecule is COC(=O)c1[nH]ccc1C(F)F. The Kier molecular flexibility index (Phi) is 2.42. The fraction of sp³-hybridized carbons (Fsp3) is 0.286. The maximum absolute atomic E-state index is 12.1. The van der Waals surface area contributed by atoms with Gasteiger partial charge in [-0.2, -0.15) is 0 Å². The molecule has 1 N–H and O–H groups in total. The number of halogens is 2. The Labute approximate surface area is 67.3 Å². The van der Waals surface area contributed by atoms with Crippen molar-refractivity contribution in [1.82, 2.24) is 4.98 Å². The molecule has 3 nitrogen and oxygen atoms in total. The van der Waals surface area contributed by atoms with Crippen molar-refractivity contribution in [2.45, 2.75) is 6.43 Å². The molecule has 0 aliphatic carbocycles. The zero-order valence-electron chi connectivity index (χ0n) is 6.30. The number of ether oxygens (including phenoxy) is 1. The summed E-state index contributed by atoms with van der Waals surface area (Å²) in [7, 11) is 1.14. The average Bonchev–Trinajstić information content (AvgIpc) is 2.50. The van der Waals surface area contributed by atoms with Crippen LogP contribution >= 0.6 is 0 Å². The topological polar surface area (TPSA) is 42.1 Å². The van der Waals surface area contributed by atoms with Crippen LogP contribution in [-0.4, -0.2) is 18.1 Å². The van der Waals surface area contributed by atoms with Gasteiger partial charge in [0.1, 0.15) is 5.69 Å². The van der Waals surface area contributed by atoms with Crippen LogP contribution in [0.4, 0.5) is 8.78 Å². The average molecular weight is 175 g/mol. The standard InChI is InChI=1S/C7H7F2NO2/c1-12-7(11)5-4(6(8)9)2-3-10-5/h2-3,6,10H,1H3. The largest absolute Gasteiger partial charge is 0.464 e. The van der Waals surface area contributed by atoms with Gasteiger partial charge in [0.15, 0.2) is 0 Å². The van der Waals surface area contributed by atoms with Crippen LogP contribution in [0.25, 0.3) is 0 Å². The molecule has 1 heterocycles. The van der Waals surface area contributed by atoms with Gasteiger partial charge >= 0.3 is 5.97 Å². The molecule has 0 radical (unpaired) electrons. The lowest BCUT2D eigenvalue weighted by atomic mass is 10.2. The molecule has 0 atom stereocenters. The molecular weight excluding hydrogens is 168 g/mol. The molecule has 5 heteroatoms. The van der Waals surface area contributed by atoms with E-state index in [1.165, 1.54) is 6.20 Å². The monoisotopic (exact) mass is 175 g/mol. The van der Waals surface area contributed by atoms with E-state index in [0.717, 1.165) is 13.2 Å². The Hall–Kier alpha value is -1.39. The summed E-state index contributed by atoms with van der Waals surface area (Å²) in [5.74, 6) is -0.782. The summed E-state index contributed by atoms with van der Waals surface area (Å²) < 4.78 is 28.5. The van der Waals surface area contributed by atoms with E-state index in [2.05, 4.69) is 9.72 Å². The number of alkyl halides is 2. The van der Waals surface area contributed by atoms with Crippen molar-refractivity contribution in [3.63, 3.8) is 0 Å². The summed E-state index contributed by atoms with van der Waals surface area (Å²) in [4.78, 5) is 13.2. The second-order valence-corrected chi connectivity index (χ2v) is 2.10. The van der Waals surface area contributed by atoms with Gasteiger partial charge < -0.3 is 9.72 Å². The molecule has 0 aliphatic rings. The predicted molar refractivity (Wildman–Crippen MR) is 37.1 cm³/mol. The number of nitrogens with one attached hydrogen (secondary N) is 1. The van der Waals surface area contributed by atoms with Crippen LogP contribution in [0, 0.1) is 0 Å². The number of carbonyl (C=O) groups is 1. The van der Waals surface area contributed by atoms with E-state index in [-0.39, 0.29) is 11.3 Å². The van der Waals surface area contributed by atoms with Crippen molar-refractivity contribution in [3.05, 3.63) is 23.5 Å². The molecule has 0 unspecified atom stereocenters. The molecule has 0 fully saturated rings. The molecule has 0 aromatic carbocycles.